The molecular formula is C15H10F3N. The Balaban J connectivity index is 2.07. The summed E-state index contributed by atoms with van der Waals surface area (Å²) in [5, 5.41) is 2.07. The molecule has 96 valence electrons. The first-order valence-corrected chi connectivity index (χ1v) is 5.79. The summed E-state index contributed by atoms with van der Waals surface area (Å²) in [4.78, 5) is 2.67. The molecule has 1 nitrogen and oxygen atoms in total. The molecule has 1 aromatic heterocycles. The number of aromatic amines is 1. The molecule has 19 heavy (non-hydrogen) atoms. The van der Waals surface area contributed by atoms with E-state index in [1.165, 1.54) is 0 Å². The average Bonchev–Trinajstić information content (AvgIpc) is 2.87. The normalized spacial score (nSPS) is 11.9. The molecule has 0 aliphatic heterocycles. The molecule has 0 radical (unpaired) electrons. The molecule has 0 atom stereocenters. The quantitative estimate of drug-likeness (QED) is 0.644. The van der Waals surface area contributed by atoms with E-state index in [0.717, 1.165) is 28.6 Å². The van der Waals surface area contributed by atoms with Crippen LogP contribution in [-0.2, 0) is 6.18 Å². The summed E-state index contributed by atoms with van der Waals surface area (Å²) in [5.41, 5.74) is 0.558. The maximum absolute atomic E-state index is 12.5. The van der Waals surface area contributed by atoms with Gasteiger partial charge in [0.1, 0.15) is 0 Å². The van der Waals surface area contributed by atoms with Gasteiger partial charge in [-0.15, -0.1) is 0 Å². The summed E-state index contributed by atoms with van der Waals surface area (Å²) in [6.45, 7) is 0. The number of benzene rings is 2. The number of rotatable bonds is 1. The summed E-state index contributed by atoms with van der Waals surface area (Å²) < 4.78 is 37.6. The molecule has 0 amide bonds. The van der Waals surface area contributed by atoms with Gasteiger partial charge < -0.3 is 4.98 Å². The third-order valence-corrected chi connectivity index (χ3v) is 3.07. The lowest BCUT2D eigenvalue weighted by molar-refractivity contribution is -0.137. The van der Waals surface area contributed by atoms with Crippen LogP contribution < -0.4 is 0 Å². The van der Waals surface area contributed by atoms with Crippen molar-refractivity contribution in [2.75, 3.05) is 0 Å². The Morgan fingerprint density at radius 1 is 0.842 bits per heavy atom. The van der Waals surface area contributed by atoms with E-state index in [1.54, 1.807) is 0 Å². The molecule has 0 aliphatic carbocycles. The smallest absolute Gasteiger partial charge is 0.361 e. The second-order valence-corrected chi connectivity index (χ2v) is 4.36. The fraction of sp³-hybridized carbons (Fsp3) is 0.0667. The van der Waals surface area contributed by atoms with Crippen LogP contribution in [0.15, 0.2) is 54.7 Å². The minimum Gasteiger partial charge on any atom is -0.361 e. The highest BCUT2D eigenvalue weighted by Crippen LogP contribution is 2.32. The zero-order chi connectivity index (χ0) is 13.5. The van der Waals surface area contributed by atoms with E-state index in [1.807, 2.05) is 42.5 Å². The van der Waals surface area contributed by atoms with Crippen molar-refractivity contribution < 1.29 is 13.2 Å². The summed E-state index contributed by atoms with van der Waals surface area (Å²) in [5.74, 6) is 0. The fourth-order valence-corrected chi connectivity index (χ4v) is 2.08. The topological polar surface area (TPSA) is 15.8 Å². The third kappa shape index (κ3) is 2.21. The molecule has 3 rings (SSSR count). The Bertz CT molecular complexity index is 725. The van der Waals surface area contributed by atoms with Crippen LogP contribution in [0, 0.1) is 0 Å². The van der Waals surface area contributed by atoms with E-state index in [-0.39, 0.29) is 0 Å². The van der Waals surface area contributed by atoms with E-state index in [0.29, 0.717) is 5.69 Å². The lowest BCUT2D eigenvalue weighted by Crippen LogP contribution is -2.02. The number of aromatic nitrogens is 1. The lowest BCUT2D eigenvalue weighted by Gasteiger charge is -2.02. The van der Waals surface area contributed by atoms with Crippen LogP contribution in [0.5, 0.6) is 0 Å². The van der Waals surface area contributed by atoms with Gasteiger partial charge in [-0.1, -0.05) is 36.4 Å². The first-order chi connectivity index (χ1) is 9.04. The fourth-order valence-electron chi connectivity index (χ4n) is 2.08. The van der Waals surface area contributed by atoms with Crippen molar-refractivity contribution in [2.45, 2.75) is 6.18 Å². The van der Waals surface area contributed by atoms with E-state index in [4.69, 9.17) is 0 Å². The Labute approximate surface area is 107 Å². The van der Waals surface area contributed by atoms with Gasteiger partial charge in [0.15, 0.2) is 0 Å². The van der Waals surface area contributed by atoms with E-state index in [2.05, 4.69) is 4.98 Å². The van der Waals surface area contributed by atoms with E-state index in [9.17, 15) is 13.2 Å². The van der Waals surface area contributed by atoms with Gasteiger partial charge in [0.25, 0.3) is 0 Å². The highest BCUT2D eigenvalue weighted by atomic mass is 19.4. The first kappa shape index (κ1) is 11.8. The van der Waals surface area contributed by atoms with Crippen molar-refractivity contribution >= 4 is 10.8 Å². The molecule has 4 heteroatoms. The van der Waals surface area contributed by atoms with Crippen molar-refractivity contribution in [3.8, 4) is 11.3 Å². The molecule has 0 spiro atoms. The van der Waals surface area contributed by atoms with Crippen LogP contribution in [-0.4, -0.2) is 4.98 Å². The number of nitrogens with one attached hydrogen (secondary N) is 1. The predicted octanol–water partition coefficient (Wildman–Crippen LogP) is 4.85. The molecule has 0 saturated heterocycles. The summed E-state index contributed by atoms with van der Waals surface area (Å²) in [7, 11) is 0. The predicted molar refractivity (Wildman–Crippen MR) is 68.7 cm³/mol. The van der Waals surface area contributed by atoms with Crippen LogP contribution in [0.3, 0.4) is 0 Å². The van der Waals surface area contributed by atoms with Crippen LogP contribution >= 0.6 is 0 Å². The molecule has 3 aromatic rings. The van der Waals surface area contributed by atoms with Gasteiger partial charge in [-0.25, -0.2) is 0 Å². The molecule has 0 fully saturated rings. The largest absolute Gasteiger partial charge is 0.417 e. The van der Waals surface area contributed by atoms with Crippen molar-refractivity contribution in [2.24, 2.45) is 0 Å². The zero-order valence-electron chi connectivity index (χ0n) is 9.83. The van der Waals surface area contributed by atoms with Crippen LogP contribution in [0.1, 0.15) is 5.56 Å². The Hall–Kier alpha value is -2.23. The minimum absolute atomic E-state index is 0.470. The van der Waals surface area contributed by atoms with Gasteiger partial charge in [0.05, 0.1) is 5.56 Å². The molecule has 0 bridgehead atoms. The molecule has 0 saturated carbocycles. The molecule has 0 aliphatic rings. The number of H-pyrrole nitrogens is 1. The highest BCUT2D eigenvalue weighted by molar-refractivity contribution is 5.86. The average molecular weight is 261 g/mol. The molecule has 1 heterocycles. The number of hydrogen-bond donors (Lipinski definition) is 1. The van der Waals surface area contributed by atoms with Crippen LogP contribution in [0.25, 0.3) is 22.0 Å². The molecule has 1 N–H and O–H groups in total. The number of alkyl halides is 3. The van der Waals surface area contributed by atoms with Gasteiger partial charge >= 0.3 is 6.18 Å². The zero-order valence-corrected chi connectivity index (χ0v) is 9.83. The van der Waals surface area contributed by atoms with Gasteiger partial charge in [0.2, 0.25) is 0 Å². The highest BCUT2D eigenvalue weighted by Gasteiger charge is 2.31. The van der Waals surface area contributed by atoms with Crippen molar-refractivity contribution in [1.82, 2.24) is 4.98 Å². The number of halogens is 3. The second-order valence-electron chi connectivity index (χ2n) is 4.36. The molecular weight excluding hydrogens is 251 g/mol. The standard InChI is InChI=1S/C15H10F3N/c16-15(17,18)13-8-14(19-9-13)12-6-5-10-3-1-2-4-11(10)7-12/h1-9,19H. The molecule has 2 aromatic carbocycles. The Morgan fingerprint density at radius 3 is 2.26 bits per heavy atom. The summed E-state index contributed by atoms with van der Waals surface area (Å²) >= 11 is 0. The third-order valence-electron chi connectivity index (χ3n) is 3.07. The number of hydrogen-bond acceptors (Lipinski definition) is 0. The monoisotopic (exact) mass is 261 g/mol. The SMILES string of the molecule is FC(F)(F)c1c[nH]c(-c2ccc3ccccc3c2)c1. The van der Waals surface area contributed by atoms with Gasteiger partial charge in [-0.2, -0.15) is 13.2 Å². The number of fused-ring (bicyclic) bond motifs is 1. The second kappa shape index (κ2) is 4.16. The molecule has 0 unspecified atom stereocenters. The van der Waals surface area contributed by atoms with Crippen molar-refractivity contribution in [3.05, 3.63) is 60.3 Å². The summed E-state index contributed by atoms with van der Waals surface area (Å²) in [6, 6.07) is 14.5. The van der Waals surface area contributed by atoms with Crippen molar-refractivity contribution in [3.63, 3.8) is 0 Å². The summed E-state index contributed by atoms with van der Waals surface area (Å²) in [6.07, 6.45) is -3.32. The lowest BCUT2D eigenvalue weighted by atomic mass is 10.1. The van der Waals surface area contributed by atoms with E-state index < -0.39 is 11.7 Å². The first-order valence-electron chi connectivity index (χ1n) is 5.79. The maximum atomic E-state index is 12.5. The van der Waals surface area contributed by atoms with Gasteiger partial charge in [-0.05, 0) is 28.5 Å². The Morgan fingerprint density at radius 2 is 1.58 bits per heavy atom. The van der Waals surface area contributed by atoms with Gasteiger partial charge in [0, 0.05) is 11.9 Å². The maximum Gasteiger partial charge on any atom is 0.417 e. The van der Waals surface area contributed by atoms with Crippen molar-refractivity contribution in [1.29, 1.82) is 0 Å². The minimum atomic E-state index is -4.31. The van der Waals surface area contributed by atoms with Crippen LogP contribution in [0.2, 0.25) is 0 Å². The Kier molecular flexibility index (Phi) is 2.59. The van der Waals surface area contributed by atoms with E-state index >= 15 is 0 Å². The van der Waals surface area contributed by atoms with Crippen LogP contribution in [0.4, 0.5) is 13.2 Å². The van der Waals surface area contributed by atoms with Gasteiger partial charge in [-0.3, -0.25) is 0 Å².